The van der Waals surface area contributed by atoms with Gasteiger partial charge in [0.2, 0.25) is 0 Å². The van der Waals surface area contributed by atoms with Crippen LogP contribution in [0.1, 0.15) is 65.2 Å². The van der Waals surface area contributed by atoms with Gasteiger partial charge in [-0.25, -0.2) is 0 Å². The molecule has 0 rings (SSSR count). The predicted octanol–water partition coefficient (Wildman–Crippen LogP) is 5.50. The van der Waals surface area contributed by atoms with Gasteiger partial charge < -0.3 is 9.47 Å². The first-order valence-corrected chi connectivity index (χ1v) is 9.31. The first kappa shape index (κ1) is 19.4. The van der Waals surface area contributed by atoms with E-state index in [0.717, 1.165) is 19.6 Å². The van der Waals surface area contributed by atoms with Crippen LogP contribution >= 0.6 is 22.6 Å². The fourth-order valence-corrected chi connectivity index (χ4v) is 2.35. The van der Waals surface area contributed by atoms with Crippen LogP contribution in [0.4, 0.5) is 0 Å². The van der Waals surface area contributed by atoms with Gasteiger partial charge in [0.25, 0.3) is 0 Å². The highest BCUT2D eigenvalue weighted by atomic mass is 127. The first-order chi connectivity index (χ1) is 9.35. The highest BCUT2D eigenvalue weighted by Gasteiger charge is 2.06. The third-order valence-electron chi connectivity index (χ3n) is 2.96. The minimum Gasteiger partial charge on any atom is -0.353 e. The summed E-state index contributed by atoms with van der Waals surface area (Å²) >= 11 is 2.42. The van der Waals surface area contributed by atoms with E-state index in [2.05, 4.69) is 34.7 Å². The molecule has 0 N–H and O–H groups in total. The molecule has 0 unspecified atom stereocenters. The maximum Gasteiger partial charge on any atom is 0.157 e. The molecule has 0 aromatic carbocycles. The van der Waals surface area contributed by atoms with Gasteiger partial charge in [-0.05, 0) is 46.0 Å². The van der Waals surface area contributed by atoms with Crippen molar-refractivity contribution in [3.05, 3.63) is 12.2 Å². The maximum atomic E-state index is 5.53. The minimum atomic E-state index is 0.0196. The third kappa shape index (κ3) is 14.6. The van der Waals surface area contributed by atoms with Crippen molar-refractivity contribution in [1.82, 2.24) is 0 Å². The molecule has 0 heterocycles. The molecule has 3 heteroatoms. The predicted molar refractivity (Wildman–Crippen MR) is 92.0 cm³/mol. The average molecular weight is 382 g/mol. The fourth-order valence-electron chi connectivity index (χ4n) is 1.99. The van der Waals surface area contributed by atoms with Crippen LogP contribution in [0, 0.1) is 0 Å². The highest BCUT2D eigenvalue weighted by Crippen LogP contribution is 2.11. The summed E-state index contributed by atoms with van der Waals surface area (Å²) in [6, 6.07) is 0. The molecule has 0 saturated heterocycles. The fraction of sp³-hybridized carbons (Fsp3) is 0.875. The zero-order chi connectivity index (χ0) is 14.2. The molecular weight excluding hydrogens is 351 g/mol. The van der Waals surface area contributed by atoms with E-state index >= 15 is 0 Å². The Morgan fingerprint density at radius 1 is 0.842 bits per heavy atom. The molecule has 0 aliphatic rings. The third-order valence-corrected chi connectivity index (χ3v) is 3.58. The van der Waals surface area contributed by atoms with Gasteiger partial charge in [-0.2, -0.15) is 0 Å². The number of halogens is 1. The quantitative estimate of drug-likeness (QED) is 0.130. The summed E-state index contributed by atoms with van der Waals surface area (Å²) in [6.45, 7) is 5.54. The number of ether oxygens (including phenoxy) is 2. The lowest BCUT2D eigenvalue weighted by molar-refractivity contribution is -0.140. The topological polar surface area (TPSA) is 18.5 Å². The van der Waals surface area contributed by atoms with Gasteiger partial charge in [0.05, 0.1) is 0 Å². The van der Waals surface area contributed by atoms with Crippen LogP contribution < -0.4 is 0 Å². The molecule has 2 nitrogen and oxygen atoms in total. The Morgan fingerprint density at radius 2 is 1.42 bits per heavy atom. The monoisotopic (exact) mass is 382 g/mol. The second-order valence-electron chi connectivity index (χ2n) is 4.63. The Bertz CT molecular complexity index is 189. The molecule has 0 spiro atoms. The lowest BCUT2D eigenvalue weighted by Crippen LogP contribution is -2.17. The van der Waals surface area contributed by atoms with Gasteiger partial charge in [-0.15, -0.1) is 0 Å². The Balaban J connectivity index is 3.28. The van der Waals surface area contributed by atoms with Gasteiger partial charge in [-0.3, -0.25) is 0 Å². The second-order valence-corrected chi connectivity index (χ2v) is 5.71. The van der Waals surface area contributed by atoms with E-state index in [0.29, 0.717) is 0 Å². The standard InChI is InChI=1S/C16H31IO2/c1-3-18-16(19-4-2)14-12-10-8-6-5-7-9-11-13-15-17/h9,11,16H,3-8,10,12-15H2,1-2H3/b11-9+. The molecule has 0 fully saturated rings. The molecule has 0 aliphatic carbocycles. The molecule has 114 valence electrons. The van der Waals surface area contributed by atoms with E-state index in [1.807, 2.05) is 13.8 Å². The second kappa shape index (κ2) is 16.4. The molecule has 0 radical (unpaired) electrons. The summed E-state index contributed by atoms with van der Waals surface area (Å²) in [5, 5.41) is 0. The van der Waals surface area contributed by atoms with Crippen molar-refractivity contribution in [2.24, 2.45) is 0 Å². The van der Waals surface area contributed by atoms with Crippen LogP contribution in [0.2, 0.25) is 0 Å². The van der Waals surface area contributed by atoms with E-state index < -0.39 is 0 Å². The van der Waals surface area contributed by atoms with Crippen molar-refractivity contribution in [2.45, 2.75) is 71.5 Å². The van der Waals surface area contributed by atoms with Crippen LogP contribution in [0.3, 0.4) is 0 Å². The van der Waals surface area contributed by atoms with Crippen LogP contribution in [0.25, 0.3) is 0 Å². The minimum absolute atomic E-state index is 0.0196. The summed E-state index contributed by atoms with van der Waals surface area (Å²) in [5.41, 5.74) is 0. The largest absolute Gasteiger partial charge is 0.353 e. The summed E-state index contributed by atoms with van der Waals surface area (Å²) in [6.07, 6.45) is 14.7. The molecular formula is C16H31IO2. The van der Waals surface area contributed by atoms with Gasteiger partial charge in [0.15, 0.2) is 6.29 Å². The Hall–Kier alpha value is 0.390. The Labute approximate surface area is 133 Å². The zero-order valence-electron chi connectivity index (χ0n) is 12.7. The van der Waals surface area contributed by atoms with Crippen LogP contribution in [-0.4, -0.2) is 23.9 Å². The normalized spacial score (nSPS) is 11.8. The molecule has 0 aromatic rings. The molecule has 0 amide bonds. The lowest BCUT2D eigenvalue weighted by Gasteiger charge is -2.16. The summed E-state index contributed by atoms with van der Waals surface area (Å²) < 4.78 is 12.3. The van der Waals surface area contributed by atoms with Gasteiger partial charge >= 0.3 is 0 Å². The molecule has 0 saturated carbocycles. The number of unbranched alkanes of at least 4 members (excludes halogenated alkanes) is 5. The van der Waals surface area contributed by atoms with Gasteiger partial charge in [-0.1, -0.05) is 54.0 Å². The smallest absolute Gasteiger partial charge is 0.157 e. The van der Waals surface area contributed by atoms with Crippen molar-refractivity contribution in [3.8, 4) is 0 Å². The number of hydrogen-bond donors (Lipinski definition) is 0. The maximum absolute atomic E-state index is 5.53. The van der Waals surface area contributed by atoms with E-state index in [1.165, 1.54) is 49.4 Å². The molecule has 19 heavy (non-hydrogen) atoms. The average Bonchev–Trinajstić information content (AvgIpc) is 2.41. The number of allylic oxidation sites excluding steroid dienone is 2. The van der Waals surface area contributed by atoms with Gasteiger partial charge in [0.1, 0.15) is 0 Å². The number of hydrogen-bond acceptors (Lipinski definition) is 2. The van der Waals surface area contributed by atoms with Crippen molar-refractivity contribution >= 4 is 22.6 Å². The lowest BCUT2D eigenvalue weighted by atomic mass is 10.1. The SMILES string of the molecule is CCOC(CCCCCCC/C=C/CCI)OCC. The van der Waals surface area contributed by atoms with Crippen LogP contribution in [-0.2, 0) is 9.47 Å². The summed E-state index contributed by atoms with van der Waals surface area (Å²) in [7, 11) is 0. The van der Waals surface area contributed by atoms with E-state index in [-0.39, 0.29) is 6.29 Å². The molecule has 0 aliphatic heterocycles. The van der Waals surface area contributed by atoms with Crippen LogP contribution in [0.5, 0.6) is 0 Å². The van der Waals surface area contributed by atoms with Crippen molar-refractivity contribution in [3.63, 3.8) is 0 Å². The summed E-state index contributed by atoms with van der Waals surface area (Å²) in [4.78, 5) is 0. The molecule has 0 atom stereocenters. The summed E-state index contributed by atoms with van der Waals surface area (Å²) in [5.74, 6) is 0. The molecule has 0 aromatic heterocycles. The van der Waals surface area contributed by atoms with Crippen molar-refractivity contribution in [1.29, 1.82) is 0 Å². The van der Waals surface area contributed by atoms with Crippen LogP contribution in [0.15, 0.2) is 12.2 Å². The van der Waals surface area contributed by atoms with Crippen molar-refractivity contribution < 1.29 is 9.47 Å². The highest BCUT2D eigenvalue weighted by molar-refractivity contribution is 14.1. The van der Waals surface area contributed by atoms with Gasteiger partial charge in [0, 0.05) is 17.6 Å². The van der Waals surface area contributed by atoms with E-state index in [4.69, 9.17) is 9.47 Å². The molecule has 0 bridgehead atoms. The number of alkyl halides is 1. The van der Waals surface area contributed by atoms with Crippen molar-refractivity contribution in [2.75, 3.05) is 17.6 Å². The number of rotatable bonds is 14. The zero-order valence-corrected chi connectivity index (χ0v) is 14.9. The van der Waals surface area contributed by atoms with E-state index in [9.17, 15) is 0 Å². The Kier molecular flexibility index (Phi) is 16.8. The first-order valence-electron chi connectivity index (χ1n) is 7.79. The van der Waals surface area contributed by atoms with E-state index in [1.54, 1.807) is 0 Å². The Morgan fingerprint density at radius 3 is 2.05 bits per heavy atom.